The van der Waals surface area contributed by atoms with Crippen LogP contribution in [-0.2, 0) is 6.54 Å². The van der Waals surface area contributed by atoms with Crippen LogP contribution >= 0.6 is 27.3 Å². The second-order valence-corrected chi connectivity index (χ2v) is 7.05. The lowest BCUT2D eigenvalue weighted by atomic mass is 10.1. The quantitative estimate of drug-likeness (QED) is 0.651. The average Bonchev–Trinajstić information content (AvgIpc) is 2.57. The number of guanidine groups is 1. The fourth-order valence-corrected chi connectivity index (χ4v) is 2.57. The number of hydrogen-bond donors (Lipinski definition) is 2. The number of thiophene rings is 1. The van der Waals surface area contributed by atoms with Crippen LogP contribution in [-0.4, -0.2) is 18.5 Å². The lowest BCUT2D eigenvalue weighted by Crippen LogP contribution is -2.47. The van der Waals surface area contributed by atoms with E-state index in [1.165, 1.54) is 4.88 Å². The van der Waals surface area contributed by atoms with Crippen LogP contribution in [0.1, 0.15) is 25.6 Å². The van der Waals surface area contributed by atoms with Gasteiger partial charge in [0.2, 0.25) is 0 Å². The Morgan fingerprint density at radius 3 is 2.56 bits per heavy atom. The van der Waals surface area contributed by atoms with Crippen molar-refractivity contribution in [3.05, 3.63) is 20.8 Å². The molecule has 0 saturated carbocycles. The number of aliphatic imine (C=N–C) groups is 1. The summed E-state index contributed by atoms with van der Waals surface area (Å²) in [4.78, 5) is 5.46. The highest BCUT2D eigenvalue weighted by Gasteiger charge is 2.11. The standard InChI is InChI=1S/C11H18BrN3S/c1-11(2,3)15-10(13-4)14-7-8-5-6-9(12)16-8/h5-6H,7H2,1-4H3,(H2,13,14,15). The molecule has 0 aliphatic rings. The van der Waals surface area contributed by atoms with Crippen molar-refractivity contribution in [2.45, 2.75) is 32.9 Å². The predicted octanol–water partition coefficient (Wildman–Crippen LogP) is 2.97. The van der Waals surface area contributed by atoms with Gasteiger partial charge in [-0.15, -0.1) is 11.3 Å². The fraction of sp³-hybridized carbons (Fsp3) is 0.545. The number of rotatable bonds is 2. The van der Waals surface area contributed by atoms with Crippen LogP contribution in [0.3, 0.4) is 0 Å². The summed E-state index contributed by atoms with van der Waals surface area (Å²) in [6.45, 7) is 7.14. The van der Waals surface area contributed by atoms with Crippen LogP contribution in [0, 0.1) is 0 Å². The molecular formula is C11H18BrN3S. The van der Waals surface area contributed by atoms with Gasteiger partial charge in [-0.2, -0.15) is 0 Å². The molecule has 0 fully saturated rings. The number of halogens is 1. The Kier molecular flexibility index (Phi) is 4.80. The van der Waals surface area contributed by atoms with Crippen LogP contribution in [0.2, 0.25) is 0 Å². The molecule has 0 atom stereocenters. The van der Waals surface area contributed by atoms with Gasteiger partial charge in [-0.05, 0) is 48.8 Å². The molecular weight excluding hydrogens is 286 g/mol. The molecule has 0 saturated heterocycles. The molecule has 0 bridgehead atoms. The van der Waals surface area contributed by atoms with E-state index >= 15 is 0 Å². The highest BCUT2D eigenvalue weighted by atomic mass is 79.9. The lowest BCUT2D eigenvalue weighted by Gasteiger charge is -2.23. The van der Waals surface area contributed by atoms with E-state index in [1.54, 1.807) is 18.4 Å². The van der Waals surface area contributed by atoms with Gasteiger partial charge in [-0.25, -0.2) is 0 Å². The third kappa shape index (κ3) is 4.99. The largest absolute Gasteiger partial charge is 0.352 e. The fourth-order valence-electron chi connectivity index (χ4n) is 1.15. The summed E-state index contributed by atoms with van der Waals surface area (Å²) in [6, 6.07) is 4.16. The zero-order chi connectivity index (χ0) is 12.2. The zero-order valence-electron chi connectivity index (χ0n) is 10.1. The van der Waals surface area contributed by atoms with E-state index < -0.39 is 0 Å². The van der Waals surface area contributed by atoms with Crippen LogP contribution in [0.5, 0.6) is 0 Å². The van der Waals surface area contributed by atoms with E-state index in [2.05, 4.69) is 64.5 Å². The highest BCUT2D eigenvalue weighted by Crippen LogP contribution is 2.21. The first-order valence-electron chi connectivity index (χ1n) is 5.14. The van der Waals surface area contributed by atoms with Crippen molar-refractivity contribution in [1.82, 2.24) is 10.6 Å². The molecule has 16 heavy (non-hydrogen) atoms. The van der Waals surface area contributed by atoms with Crippen molar-refractivity contribution >= 4 is 33.2 Å². The van der Waals surface area contributed by atoms with Crippen molar-refractivity contribution in [3.8, 4) is 0 Å². The number of nitrogens with zero attached hydrogens (tertiary/aromatic N) is 1. The third-order valence-corrected chi connectivity index (χ3v) is 3.40. The van der Waals surface area contributed by atoms with Crippen LogP contribution < -0.4 is 10.6 Å². The second kappa shape index (κ2) is 5.68. The predicted molar refractivity (Wildman–Crippen MR) is 75.1 cm³/mol. The van der Waals surface area contributed by atoms with Gasteiger partial charge in [0.1, 0.15) is 0 Å². The van der Waals surface area contributed by atoms with Gasteiger partial charge >= 0.3 is 0 Å². The monoisotopic (exact) mass is 303 g/mol. The van der Waals surface area contributed by atoms with Gasteiger partial charge in [-0.3, -0.25) is 4.99 Å². The molecule has 1 heterocycles. The molecule has 0 aliphatic heterocycles. The molecule has 0 aromatic carbocycles. The number of hydrogen-bond acceptors (Lipinski definition) is 2. The molecule has 0 spiro atoms. The summed E-state index contributed by atoms with van der Waals surface area (Å²) < 4.78 is 1.16. The molecule has 0 radical (unpaired) electrons. The molecule has 1 rings (SSSR count). The normalized spacial score (nSPS) is 12.7. The van der Waals surface area contributed by atoms with E-state index in [4.69, 9.17) is 0 Å². The van der Waals surface area contributed by atoms with Crippen molar-refractivity contribution in [3.63, 3.8) is 0 Å². The van der Waals surface area contributed by atoms with Crippen molar-refractivity contribution in [2.75, 3.05) is 7.05 Å². The van der Waals surface area contributed by atoms with E-state index in [1.807, 2.05) is 0 Å². The average molecular weight is 304 g/mol. The van der Waals surface area contributed by atoms with E-state index in [0.29, 0.717) is 0 Å². The maximum Gasteiger partial charge on any atom is 0.191 e. The topological polar surface area (TPSA) is 36.4 Å². The first-order valence-corrected chi connectivity index (χ1v) is 6.75. The summed E-state index contributed by atoms with van der Waals surface area (Å²) in [7, 11) is 1.78. The first-order chi connectivity index (χ1) is 7.40. The van der Waals surface area contributed by atoms with E-state index in [-0.39, 0.29) is 5.54 Å². The summed E-state index contributed by atoms with van der Waals surface area (Å²) in [6.07, 6.45) is 0. The van der Waals surface area contributed by atoms with E-state index in [0.717, 1.165) is 16.3 Å². The molecule has 1 aromatic rings. The molecule has 90 valence electrons. The van der Waals surface area contributed by atoms with Crippen molar-refractivity contribution < 1.29 is 0 Å². The summed E-state index contributed by atoms with van der Waals surface area (Å²) in [5.74, 6) is 0.831. The maximum absolute atomic E-state index is 4.18. The summed E-state index contributed by atoms with van der Waals surface area (Å²) >= 11 is 5.18. The Hall–Kier alpha value is -0.550. The molecule has 1 aromatic heterocycles. The van der Waals surface area contributed by atoms with Crippen LogP contribution in [0.15, 0.2) is 20.9 Å². The Morgan fingerprint density at radius 1 is 1.44 bits per heavy atom. The van der Waals surface area contributed by atoms with Crippen LogP contribution in [0.4, 0.5) is 0 Å². The molecule has 0 unspecified atom stereocenters. The summed E-state index contributed by atoms with van der Waals surface area (Å²) in [5.41, 5.74) is 0.0257. The van der Waals surface area contributed by atoms with Gasteiger partial charge in [0.25, 0.3) is 0 Å². The molecule has 5 heteroatoms. The summed E-state index contributed by atoms with van der Waals surface area (Å²) in [5, 5.41) is 6.60. The van der Waals surface area contributed by atoms with Gasteiger partial charge in [-0.1, -0.05) is 0 Å². The molecule has 2 N–H and O–H groups in total. The van der Waals surface area contributed by atoms with Crippen molar-refractivity contribution in [1.29, 1.82) is 0 Å². The smallest absolute Gasteiger partial charge is 0.191 e. The maximum atomic E-state index is 4.18. The van der Waals surface area contributed by atoms with E-state index in [9.17, 15) is 0 Å². The Morgan fingerprint density at radius 2 is 2.12 bits per heavy atom. The third-order valence-electron chi connectivity index (χ3n) is 1.78. The lowest BCUT2D eigenvalue weighted by molar-refractivity contribution is 0.501. The Labute approximate surface area is 109 Å². The second-order valence-electron chi connectivity index (χ2n) is 4.51. The minimum Gasteiger partial charge on any atom is -0.352 e. The molecule has 0 aliphatic carbocycles. The highest BCUT2D eigenvalue weighted by molar-refractivity contribution is 9.11. The SMILES string of the molecule is CN=C(NCc1ccc(Br)s1)NC(C)(C)C. The van der Waals surface area contributed by atoms with Gasteiger partial charge in [0.05, 0.1) is 10.3 Å². The minimum absolute atomic E-state index is 0.0257. The Balaban J connectivity index is 2.47. The van der Waals surface area contributed by atoms with Crippen molar-refractivity contribution in [2.24, 2.45) is 4.99 Å². The number of nitrogens with one attached hydrogen (secondary N) is 2. The van der Waals surface area contributed by atoms with Crippen LogP contribution in [0.25, 0.3) is 0 Å². The van der Waals surface area contributed by atoms with Gasteiger partial charge in [0.15, 0.2) is 5.96 Å². The molecule has 3 nitrogen and oxygen atoms in total. The van der Waals surface area contributed by atoms with Gasteiger partial charge in [0, 0.05) is 17.5 Å². The Bertz CT molecular complexity index is 366. The first kappa shape index (κ1) is 13.5. The van der Waals surface area contributed by atoms with Gasteiger partial charge < -0.3 is 10.6 Å². The minimum atomic E-state index is 0.0257. The molecule has 0 amide bonds. The zero-order valence-corrected chi connectivity index (χ0v) is 12.5.